The molecule has 2 fully saturated rings. The van der Waals surface area contributed by atoms with Gasteiger partial charge in [0, 0.05) is 45.7 Å². The summed E-state index contributed by atoms with van der Waals surface area (Å²) >= 11 is 0. The Morgan fingerprint density at radius 3 is 2.53 bits per heavy atom. The van der Waals surface area contributed by atoms with E-state index in [0.29, 0.717) is 18.3 Å². The van der Waals surface area contributed by atoms with Crippen molar-refractivity contribution in [2.75, 3.05) is 45.8 Å². The summed E-state index contributed by atoms with van der Waals surface area (Å²) in [6, 6.07) is 10.6. The van der Waals surface area contributed by atoms with E-state index in [2.05, 4.69) is 46.0 Å². The molecule has 0 saturated carbocycles. The van der Waals surface area contributed by atoms with Gasteiger partial charge in [0.2, 0.25) is 11.8 Å². The summed E-state index contributed by atoms with van der Waals surface area (Å²) in [6.45, 7) is 6.96. The lowest BCUT2D eigenvalue weighted by molar-refractivity contribution is -0.131. The van der Waals surface area contributed by atoms with Gasteiger partial charge in [-0.2, -0.15) is 0 Å². The van der Waals surface area contributed by atoms with Crippen LogP contribution in [0.4, 0.5) is 0 Å². The number of halogens is 1. The number of hydrogen-bond donors (Lipinski definition) is 2. The minimum Gasteiger partial charge on any atom is -0.357 e. The highest BCUT2D eigenvalue weighted by Gasteiger charge is 2.23. The van der Waals surface area contributed by atoms with Gasteiger partial charge in [-0.05, 0) is 50.5 Å². The minimum atomic E-state index is 0. The van der Waals surface area contributed by atoms with Crippen molar-refractivity contribution in [3.63, 3.8) is 0 Å². The molecule has 0 aromatic heterocycles. The number of hydrogen-bond acceptors (Lipinski definition) is 3. The van der Waals surface area contributed by atoms with Crippen molar-refractivity contribution in [2.45, 2.75) is 45.4 Å². The van der Waals surface area contributed by atoms with E-state index in [1.54, 1.807) is 0 Å². The van der Waals surface area contributed by atoms with Gasteiger partial charge in [-0.15, -0.1) is 24.0 Å². The van der Waals surface area contributed by atoms with Gasteiger partial charge in [0.25, 0.3) is 0 Å². The molecule has 0 radical (unpaired) electrons. The maximum atomic E-state index is 12.6. The summed E-state index contributed by atoms with van der Waals surface area (Å²) in [5.74, 6) is 1.68. The lowest BCUT2D eigenvalue weighted by Gasteiger charge is -2.32. The first-order valence-corrected chi connectivity index (χ1v) is 11.8. The van der Waals surface area contributed by atoms with E-state index in [9.17, 15) is 9.59 Å². The number of aliphatic imine (C=N–C) groups is 1. The third-order valence-corrected chi connectivity index (χ3v) is 6.12. The molecule has 0 unspecified atom stereocenters. The Hall–Kier alpha value is -1.84. The van der Waals surface area contributed by atoms with Crippen LogP contribution in [0.2, 0.25) is 0 Å². The predicted molar refractivity (Wildman–Crippen MR) is 139 cm³/mol. The molecule has 0 spiro atoms. The van der Waals surface area contributed by atoms with Crippen LogP contribution in [0.25, 0.3) is 0 Å². The van der Waals surface area contributed by atoms with Crippen LogP contribution in [0, 0.1) is 5.92 Å². The number of benzene rings is 1. The highest BCUT2D eigenvalue weighted by atomic mass is 127. The topological polar surface area (TPSA) is 77.0 Å². The molecule has 1 aromatic rings. The van der Waals surface area contributed by atoms with Crippen molar-refractivity contribution in [3.05, 3.63) is 35.9 Å². The van der Waals surface area contributed by atoms with Crippen molar-refractivity contribution in [1.82, 2.24) is 20.4 Å². The first-order chi connectivity index (χ1) is 15.2. The first-order valence-electron chi connectivity index (χ1n) is 11.8. The Bertz CT molecular complexity index is 735. The van der Waals surface area contributed by atoms with Crippen LogP contribution in [0.3, 0.4) is 0 Å². The normalized spacial score (nSPS) is 17.3. The molecular formula is C24H38IN5O2. The summed E-state index contributed by atoms with van der Waals surface area (Å²) in [7, 11) is 0. The largest absolute Gasteiger partial charge is 0.357 e. The predicted octanol–water partition coefficient (Wildman–Crippen LogP) is 2.65. The number of carbonyl (C=O) groups excluding carboxylic acids is 2. The van der Waals surface area contributed by atoms with E-state index < -0.39 is 0 Å². The molecule has 8 heteroatoms. The van der Waals surface area contributed by atoms with Crippen LogP contribution >= 0.6 is 24.0 Å². The van der Waals surface area contributed by atoms with Gasteiger partial charge in [0.15, 0.2) is 5.96 Å². The van der Waals surface area contributed by atoms with Crippen molar-refractivity contribution in [1.29, 1.82) is 0 Å². The number of nitrogens with zero attached hydrogens (tertiary/aromatic N) is 3. The van der Waals surface area contributed by atoms with Gasteiger partial charge in [0.05, 0.1) is 0 Å². The van der Waals surface area contributed by atoms with E-state index in [1.165, 1.54) is 5.56 Å². The molecule has 2 amide bonds. The third kappa shape index (κ3) is 8.60. The molecule has 2 heterocycles. The van der Waals surface area contributed by atoms with Crippen molar-refractivity contribution < 1.29 is 9.59 Å². The van der Waals surface area contributed by atoms with Crippen LogP contribution in [0.1, 0.15) is 44.6 Å². The monoisotopic (exact) mass is 555 g/mol. The smallest absolute Gasteiger partial charge is 0.244 e. The summed E-state index contributed by atoms with van der Waals surface area (Å²) in [5.41, 5.74) is 1.38. The fourth-order valence-electron chi connectivity index (χ4n) is 4.34. The highest BCUT2D eigenvalue weighted by Crippen LogP contribution is 2.21. The Balaban J connectivity index is 0.00000363. The number of piperidine rings is 1. The summed E-state index contributed by atoms with van der Waals surface area (Å²) in [5, 5.41) is 6.48. The van der Waals surface area contributed by atoms with E-state index >= 15 is 0 Å². The molecule has 0 atom stereocenters. The van der Waals surface area contributed by atoms with Crippen LogP contribution in [0.5, 0.6) is 0 Å². The molecule has 7 nitrogen and oxygen atoms in total. The Morgan fingerprint density at radius 1 is 1.12 bits per heavy atom. The Kier molecular flexibility index (Phi) is 11.8. The van der Waals surface area contributed by atoms with Crippen LogP contribution in [0.15, 0.2) is 35.3 Å². The average Bonchev–Trinajstić information content (AvgIpc) is 3.20. The molecule has 178 valence electrons. The van der Waals surface area contributed by atoms with Gasteiger partial charge in [-0.25, -0.2) is 4.99 Å². The number of amides is 2. The fraction of sp³-hybridized carbons (Fsp3) is 0.625. The van der Waals surface area contributed by atoms with Gasteiger partial charge >= 0.3 is 0 Å². The van der Waals surface area contributed by atoms with Gasteiger partial charge in [-0.3, -0.25) is 9.59 Å². The maximum Gasteiger partial charge on any atom is 0.244 e. The maximum absolute atomic E-state index is 12.6. The molecule has 32 heavy (non-hydrogen) atoms. The van der Waals surface area contributed by atoms with Gasteiger partial charge in [-0.1, -0.05) is 30.3 Å². The highest BCUT2D eigenvalue weighted by molar-refractivity contribution is 14.0. The fourth-order valence-corrected chi connectivity index (χ4v) is 4.34. The Morgan fingerprint density at radius 2 is 1.88 bits per heavy atom. The Labute approximate surface area is 209 Å². The number of nitrogens with one attached hydrogen (secondary N) is 2. The molecule has 2 saturated heterocycles. The SMILES string of the molecule is CCNC(=NCC(=O)N1CCC(Cc2ccccc2)CC1)NCCCN1CCCC1=O.I. The van der Waals surface area contributed by atoms with E-state index in [-0.39, 0.29) is 42.3 Å². The van der Waals surface area contributed by atoms with Gasteiger partial charge in [0.1, 0.15) is 6.54 Å². The second-order valence-corrected chi connectivity index (χ2v) is 8.47. The van der Waals surface area contributed by atoms with Crippen molar-refractivity contribution >= 4 is 41.8 Å². The van der Waals surface area contributed by atoms with Gasteiger partial charge < -0.3 is 20.4 Å². The minimum absolute atomic E-state index is 0. The van der Waals surface area contributed by atoms with Crippen LogP contribution in [-0.4, -0.2) is 73.4 Å². The van der Waals surface area contributed by atoms with E-state index in [1.807, 2.05) is 16.7 Å². The molecule has 0 aliphatic carbocycles. The van der Waals surface area contributed by atoms with Crippen LogP contribution < -0.4 is 10.6 Å². The zero-order valence-electron chi connectivity index (χ0n) is 19.2. The zero-order valence-corrected chi connectivity index (χ0v) is 21.6. The molecule has 1 aromatic carbocycles. The lowest BCUT2D eigenvalue weighted by Crippen LogP contribution is -2.42. The van der Waals surface area contributed by atoms with Crippen molar-refractivity contribution in [2.24, 2.45) is 10.9 Å². The molecule has 3 rings (SSSR count). The lowest BCUT2D eigenvalue weighted by atomic mass is 9.90. The zero-order chi connectivity index (χ0) is 21.9. The quantitative estimate of drug-likeness (QED) is 0.213. The summed E-state index contributed by atoms with van der Waals surface area (Å²) in [4.78, 5) is 32.7. The number of rotatable bonds is 9. The molecule has 2 aliphatic rings. The molecule has 2 N–H and O–H groups in total. The molecular weight excluding hydrogens is 517 g/mol. The molecule has 2 aliphatic heterocycles. The second kappa shape index (κ2) is 14.3. The summed E-state index contributed by atoms with van der Waals surface area (Å²) < 4.78 is 0. The number of likely N-dealkylation sites (tertiary alicyclic amines) is 2. The first kappa shape index (κ1) is 26.4. The summed E-state index contributed by atoms with van der Waals surface area (Å²) in [6.07, 6.45) is 5.73. The van der Waals surface area contributed by atoms with Crippen molar-refractivity contribution in [3.8, 4) is 0 Å². The number of carbonyl (C=O) groups is 2. The van der Waals surface area contributed by atoms with E-state index in [0.717, 1.165) is 71.4 Å². The van der Waals surface area contributed by atoms with Crippen LogP contribution in [-0.2, 0) is 16.0 Å². The standard InChI is InChI=1S/C24H37N5O2.HI/c1-2-25-24(26-13-7-15-28-14-6-10-22(28)30)27-19-23(31)29-16-11-21(12-17-29)18-20-8-4-3-5-9-20;/h3-5,8-9,21H,2,6-7,10-19H2,1H3,(H2,25,26,27);1H. The second-order valence-electron chi connectivity index (χ2n) is 8.47. The third-order valence-electron chi connectivity index (χ3n) is 6.12. The number of guanidine groups is 1. The average molecular weight is 556 g/mol. The van der Waals surface area contributed by atoms with E-state index in [4.69, 9.17) is 0 Å². The molecule has 0 bridgehead atoms.